The maximum atomic E-state index is 12.9. The Labute approximate surface area is 150 Å². The zero-order chi connectivity index (χ0) is 18.0. The number of nitriles is 1. The summed E-state index contributed by atoms with van der Waals surface area (Å²) in [6.07, 6.45) is 0. The standard InChI is InChI=1S/C19H15ClN4O/c1-23(15-11-7-6-10-14(15)12-21)16-17(20)22-18(24(2)19(16)25)13-8-4-3-5-9-13/h3-11H,1-2H3. The van der Waals surface area contributed by atoms with E-state index < -0.39 is 0 Å². The molecule has 1 heterocycles. The van der Waals surface area contributed by atoms with Gasteiger partial charge in [0.05, 0.1) is 11.3 Å². The molecule has 0 aliphatic rings. The molecule has 0 aliphatic heterocycles. The normalized spacial score (nSPS) is 10.3. The van der Waals surface area contributed by atoms with Crippen molar-refractivity contribution in [2.45, 2.75) is 0 Å². The Hall–Kier alpha value is -3.10. The van der Waals surface area contributed by atoms with Gasteiger partial charge in [-0.05, 0) is 12.1 Å². The molecule has 2 aromatic carbocycles. The van der Waals surface area contributed by atoms with Gasteiger partial charge in [-0.15, -0.1) is 0 Å². The minimum Gasteiger partial charge on any atom is -0.336 e. The summed E-state index contributed by atoms with van der Waals surface area (Å²) in [5.41, 5.74) is 1.80. The van der Waals surface area contributed by atoms with Crippen LogP contribution in [0.4, 0.5) is 11.4 Å². The second-order valence-electron chi connectivity index (χ2n) is 5.49. The average molecular weight is 351 g/mol. The summed E-state index contributed by atoms with van der Waals surface area (Å²) in [6.45, 7) is 0. The van der Waals surface area contributed by atoms with E-state index in [0.717, 1.165) is 5.56 Å². The zero-order valence-corrected chi connectivity index (χ0v) is 14.5. The SMILES string of the molecule is CN(c1ccccc1C#N)c1c(Cl)nc(-c2ccccc2)n(C)c1=O. The Morgan fingerprint density at radius 2 is 1.76 bits per heavy atom. The largest absolute Gasteiger partial charge is 0.336 e. The van der Waals surface area contributed by atoms with Gasteiger partial charge in [0.25, 0.3) is 5.56 Å². The van der Waals surface area contributed by atoms with E-state index in [1.54, 1.807) is 43.3 Å². The minimum atomic E-state index is -0.283. The molecule has 6 heteroatoms. The smallest absolute Gasteiger partial charge is 0.279 e. The Morgan fingerprint density at radius 1 is 1.12 bits per heavy atom. The molecule has 25 heavy (non-hydrogen) atoms. The van der Waals surface area contributed by atoms with Gasteiger partial charge in [-0.2, -0.15) is 5.26 Å². The predicted molar refractivity (Wildman–Crippen MR) is 99.1 cm³/mol. The first kappa shape index (κ1) is 16.7. The third kappa shape index (κ3) is 3.00. The fraction of sp³-hybridized carbons (Fsp3) is 0.105. The van der Waals surface area contributed by atoms with E-state index in [-0.39, 0.29) is 16.4 Å². The van der Waals surface area contributed by atoms with Crippen LogP contribution in [0.3, 0.4) is 0 Å². The summed E-state index contributed by atoms with van der Waals surface area (Å²) >= 11 is 6.35. The molecule has 3 rings (SSSR count). The van der Waals surface area contributed by atoms with E-state index in [1.165, 1.54) is 4.57 Å². The summed E-state index contributed by atoms with van der Waals surface area (Å²) in [5.74, 6) is 0.487. The molecular formula is C19H15ClN4O. The second kappa shape index (κ2) is 6.80. The van der Waals surface area contributed by atoms with Gasteiger partial charge in [0.15, 0.2) is 5.15 Å². The third-order valence-corrected chi connectivity index (χ3v) is 4.24. The number of para-hydroxylation sites is 1. The van der Waals surface area contributed by atoms with Crippen LogP contribution in [0, 0.1) is 11.3 Å². The van der Waals surface area contributed by atoms with Crippen molar-refractivity contribution in [2.75, 3.05) is 11.9 Å². The van der Waals surface area contributed by atoms with Crippen LogP contribution in [0.25, 0.3) is 11.4 Å². The molecular weight excluding hydrogens is 336 g/mol. The summed E-state index contributed by atoms with van der Waals surface area (Å²) in [4.78, 5) is 18.9. The number of benzene rings is 2. The number of hydrogen-bond donors (Lipinski definition) is 0. The van der Waals surface area contributed by atoms with Crippen LogP contribution in [-0.4, -0.2) is 16.6 Å². The van der Waals surface area contributed by atoms with Gasteiger partial charge in [-0.3, -0.25) is 9.36 Å². The van der Waals surface area contributed by atoms with E-state index in [4.69, 9.17) is 11.6 Å². The molecule has 0 fully saturated rings. The topological polar surface area (TPSA) is 61.9 Å². The van der Waals surface area contributed by atoms with E-state index >= 15 is 0 Å². The Balaban J connectivity index is 2.18. The highest BCUT2D eigenvalue weighted by Crippen LogP contribution is 2.30. The van der Waals surface area contributed by atoms with Crippen molar-refractivity contribution in [3.05, 3.63) is 75.7 Å². The lowest BCUT2D eigenvalue weighted by atomic mass is 10.1. The van der Waals surface area contributed by atoms with Crippen LogP contribution < -0.4 is 10.5 Å². The molecule has 0 spiro atoms. The number of hydrogen-bond acceptors (Lipinski definition) is 4. The zero-order valence-electron chi connectivity index (χ0n) is 13.8. The fourth-order valence-electron chi connectivity index (χ4n) is 2.67. The fourth-order valence-corrected chi connectivity index (χ4v) is 2.96. The van der Waals surface area contributed by atoms with Gasteiger partial charge in [-0.1, -0.05) is 54.1 Å². The van der Waals surface area contributed by atoms with Crippen molar-refractivity contribution in [3.8, 4) is 17.5 Å². The van der Waals surface area contributed by atoms with Crippen molar-refractivity contribution in [2.24, 2.45) is 7.05 Å². The van der Waals surface area contributed by atoms with Crippen LogP contribution >= 0.6 is 11.6 Å². The first-order chi connectivity index (χ1) is 12.0. The Bertz CT molecular complexity index is 1020. The lowest BCUT2D eigenvalue weighted by Crippen LogP contribution is -2.28. The van der Waals surface area contributed by atoms with Crippen molar-refractivity contribution < 1.29 is 0 Å². The quantitative estimate of drug-likeness (QED) is 0.675. The second-order valence-corrected chi connectivity index (χ2v) is 5.85. The van der Waals surface area contributed by atoms with Crippen molar-refractivity contribution in [3.63, 3.8) is 0 Å². The van der Waals surface area contributed by atoms with Crippen LogP contribution in [0.15, 0.2) is 59.4 Å². The van der Waals surface area contributed by atoms with E-state index in [2.05, 4.69) is 11.1 Å². The summed E-state index contributed by atoms with van der Waals surface area (Å²) < 4.78 is 1.46. The van der Waals surface area contributed by atoms with Crippen molar-refractivity contribution in [1.29, 1.82) is 5.26 Å². The van der Waals surface area contributed by atoms with E-state index in [1.807, 2.05) is 30.3 Å². The number of aromatic nitrogens is 2. The van der Waals surface area contributed by atoms with Crippen LogP contribution in [-0.2, 0) is 7.05 Å². The van der Waals surface area contributed by atoms with Gasteiger partial charge in [0.1, 0.15) is 17.6 Å². The van der Waals surface area contributed by atoms with Crippen LogP contribution in [0.2, 0.25) is 5.15 Å². The lowest BCUT2D eigenvalue weighted by molar-refractivity contribution is 0.833. The van der Waals surface area contributed by atoms with Crippen LogP contribution in [0.5, 0.6) is 0 Å². The van der Waals surface area contributed by atoms with Gasteiger partial charge in [-0.25, -0.2) is 4.98 Å². The molecule has 1 aromatic heterocycles. The monoisotopic (exact) mass is 350 g/mol. The number of rotatable bonds is 3. The number of nitrogens with zero attached hydrogens (tertiary/aromatic N) is 4. The predicted octanol–water partition coefficient (Wildman–Crippen LogP) is 3.74. The maximum Gasteiger partial charge on any atom is 0.279 e. The first-order valence-electron chi connectivity index (χ1n) is 7.59. The molecule has 0 N–H and O–H groups in total. The lowest BCUT2D eigenvalue weighted by Gasteiger charge is -2.22. The maximum absolute atomic E-state index is 12.9. The third-order valence-electron chi connectivity index (χ3n) is 3.98. The van der Waals surface area contributed by atoms with Crippen LogP contribution in [0.1, 0.15) is 5.56 Å². The van der Waals surface area contributed by atoms with E-state index in [9.17, 15) is 10.1 Å². The molecule has 0 atom stereocenters. The molecule has 0 unspecified atom stereocenters. The highest BCUT2D eigenvalue weighted by atomic mass is 35.5. The Morgan fingerprint density at radius 3 is 2.44 bits per heavy atom. The number of anilines is 2. The molecule has 5 nitrogen and oxygen atoms in total. The summed E-state index contributed by atoms with van der Waals surface area (Å²) in [6, 6.07) is 18.5. The molecule has 0 aliphatic carbocycles. The summed E-state index contributed by atoms with van der Waals surface area (Å²) in [7, 11) is 3.35. The molecule has 0 bridgehead atoms. The van der Waals surface area contributed by atoms with Crippen molar-refractivity contribution in [1.82, 2.24) is 9.55 Å². The molecule has 0 saturated carbocycles. The molecule has 124 valence electrons. The highest BCUT2D eigenvalue weighted by Gasteiger charge is 2.20. The molecule has 0 radical (unpaired) electrons. The average Bonchev–Trinajstić information content (AvgIpc) is 2.65. The van der Waals surface area contributed by atoms with E-state index in [0.29, 0.717) is 17.1 Å². The van der Waals surface area contributed by atoms with Gasteiger partial charge in [0.2, 0.25) is 0 Å². The summed E-state index contributed by atoms with van der Waals surface area (Å²) in [5, 5.41) is 9.39. The molecule has 3 aromatic rings. The van der Waals surface area contributed by atoms with Gasteiger partial charge in [0, 0.05) is 19.7 Å². The molecule has 0 saturated heterocycles. The number of halogens is 1. The van der Waals surface area contributed by atoms with Gasteiger partial charge >= 0.3 is 0 Å². The van der Waals surface area contributed by atoms with Crippen molar-refractivity contribution >= 4 is 23.0 Å². The molecule has 0 amide bonds. The first-order valence-corrected chi connectivity index (χ1v) is 7.97. The Kier molecular flexibility index (Phi) is 4.55. The van der Waals surface area contributed by atoms with Gasteiger partial charge < -0.3 is 4.90 Å². The highest BCUT2D eigenvalue weighted by molar-refractivity contribution is 6.32. The minimum absolute atomic E-state index is 0.0946.